The van der Waals surface area contributed by atoms with Gasteiger partial charge in [0.1, 0.15) is 0 Å². The molecule has 0 aliphatic carbocycles. The van der Waals surface area contributed by atoms with Gasteiger partial charge in [-0.15, -0.1) is 0 Å². The molecule has 1 heterocycles. The van der Waals surface area contributed by atoms with E-state index in [-0.39, 0.29) is 11.5 Å². The molecule has 6 nitrogen and oxygen atoms in total. The van der Waals surface area contributed by atoms with Gasteiger partial charge in [-0.25, -0.2) is 0 Å². The molecule has 0 saturated carbocycles. The third-order valence-electron chi connectivity index (χ3n) is 3.93. The standard InChI is InChI=1S/C21H21NO5/c1-24-19-9-8-16(14-20(19)25-2)22-12-10-17(23)18-11-13-26-21(27-18)15-6-4-3-5-7-15/h3-12,14,21-22H,13H2,1-2H3/b12-10-. The van der Waals surface area contributed by atoms with Gasteiger partial charge in [-0.3, -0.25) is 4.79 Å². The van der Waals surface area contributed by atoms with Gasteiger partial charge >= 0.3 is 0 Å². The molecule has 0 saturated heterocycles. The summed E-state index contributed by atoms with van der Waals surface area (Å²) >= 11 is 0. The smallest absolute Gasteiger partial charge is 0.227 e. The number of carbonyl (C=O) groups is 1. The van der Waals surface area contributed by atoms with E-state index in [4.69, 9.17) is 18.9 Å². The average molecular weight is 367 g/mol. The van der Waals surface area contributed by atoms with Crippen LogP contribution in [0.5, 0.6) is 11.5 Å². The maximum atomic E-state index is 12.4. The van der Waals surface area contributed by atoms with Crippen LogP contribution in [-0.2, 0) is 14.3 Å². The average Bonchev–Trinajstić information content (AvgIpc) is 2.74. The van der Waals surface area contributed by atoms with Crippen LogP contribution in [-0.4, -0.2) is 26.6 Å². The van der Waals surface area contributed by atoms with Crippen molar-refractivity contribution in [2.75, 3.05) is 26.1 Å². The quantitative estimate of drug-likeness (QED) is 0.751. The summed E-state index contributed by atoms with van der Waals surface area (Å²) in [7, 11) is 3.15. The van der Waals surface area contributed by atoms with Crippen LogP contribution in [0.3, 0.4) is 0 Å². The summed E-state index contributed by atoms with van der Waals surface area (Å²) in [5.74, 6) is 1.26. The van der Waals surface area contributed by atoms with Gasteiger partial charge in [0.05, 0.1) is 20.8 Å². The molecule has 140 valence electrons. The number of ether oxygens (including phenoxy) is 4. The molecule has 0 bridgehead atoms. The number of carbonyl (C=O) groups excluding carboxylic acids is 1. The first kappa shape index (κ1) is 18.5. The lowest BCUT2D eigenvalue weighted by Gasteiger charge is -2.24. The Balaban J connectivity index is 1.61. The Kier molecular flexibility index (Phi) is 6.12. The number of methoxy groups -OCH3 is 2. The van der Waals surface area contributed by atoms with E-state index in [1.54, 1.807) is 38.6 Å². The third kappa shape index (κ3) is 4.68. The normalized spacial score (nSPS) is 16.4. The van der Waals surface area contributed by atoms with Gasteiger partial charge in [0.2, 0.25) is 12.1 Å². The number of nitrogens with one attached hydrogen (secondary N) is 1. The van der Waals surface area contributed by atoms with Crippen molar-refractivity contribution in [1.82, 2.24) is 0 Å². The van der Waals surface area contributed by atoms with Crippen molar-refractivity contribution in [3.63, 3.8) is 0 Å². The van der Waals surface area contributed by atoms with Crippen LogP contribution in [0.4, 0.5) is 5.69 Å². The molecule has 1 unspecified atom stereocenters. The molecule has 0 spiro atoms. The topological polar surface area (TPSA) is 66.0 Å². The predicted molar refractivity (Wildman–Crippen MR) is 102 cm³/mol. The lowest BCUT2D eigenvalue weighted by Crippen LogP contribution is -2.18. The van der Waals surface area contributed by atoms with E-state index in [2.05, 4.69) is 5.32 Å². The first-order valence-corrected chi connectivity index (χ1v) is 8.44. The molecule has 27 heavy (non-hydrogen) atoms. The highest BCUT2D eigenvalue weighted by atomic mass is 16.7. The zero-order valence-electron chi connectivity index (χ0n) is 15.2. The number of anilines is 1. The number of rotatable bonds is 7. The fourth-order valence-electron chi connectivity index (χ4n) is 2.56. The van der Waals surface area contributed by atoms with Crippen LogP contribution < -0.4 is 14.8 Å². The molecule has 0 amide bonds. The molecule has 6 heteroatoms. The minimum absolute atomic E-state index is 0.243. The first-order chi connectivity index (χ1) is 13.2. The van der Waals surface area contributed by atoms with E-state index < -0.39 is 6.29 Å². The Bertz CT molecular complexity index is 845. The van der Waals surface area contributed by atoms with E-state index in [1.165, 1.54) is 6.08 Å². The highest BCUT2D eigenvalue weighted by molar-refractivity contribution is 6.02. The minimum atomic E-state index is -0.581. The second-order valence-electron chi connectivity index (χ2n) is 5.67. The molecular weight excluding hydrogens is 346 g/mol. The van der Waals surface area contributed by atoms with Crippen LogP contribution in [0, 0.1) is 0 Å². The number of ketones is 1. The van der Waals surface area contributed by atoms with Crippen molar-refractivity contribution >= 4 is 11.5 Å². The zero-order chi connectivity index (χ0) is 19.1. The first-order valence-electron chi connectivity index (χ1n) is 8.44. The monoisotopic (exact) mass is 367 g/mol. The second kappa shape index (κ2) is 8.91. The van der Waals surface area contributed by atoms with Crippen molar-refractivity contribution in [3.8, 4) is 11.5 Å². The van der Waals surface area contributed by atoms with Crippen molar-refractivity contribution in [1.29, 1.82) is 0 Å². The van der Waals surface area contributed by atoms with E-state index in [0.29, 0.717) is 18.1 Å². The molecule has 2 aromatic carbocycles. The van der Waals surface area contributed by atoms with Crippen LogP contribution in [0.2, 0.25) is 0 Å². The van der Waals surface area contributed by atoms with Crippen LogP contribution in [0.15, 0.2) is 72.6 Å². The zero-order valence-corrected chi connectivity index (χ0v) is 15.2. The molecule has 1 atom stereocenters. The number of benzene rings is 2. The second-order valence-corrected chi connectivity index (χ2v) is 5.67. The summed E-state index contributed by atoms with van der Waals surface area (Å²) in [5.41, 5.74) is 1.63. The van der Waals surface area contributed by atoms with Gasteiger partial charge < -0.3 is 24.3 Å². The van der Waals surface area contributed by atoms with Gasteiger partial charge in [-0.05, 0) is 18.2 Å². The van der Waals surface area contributed by atoms with Gasteiger partial charge in [-0.1, -0.05) is 30.3 Å². The fourth-order valence-corrected chi connectivity index (χ4v) is 2.56. The Labute approximate surface area is 158 Å². The van der Waals surface area contributed by atoms with Crippen LogP contribution in [0.25, 0.3) is 0 Å². The van der Waals surface area contributed by atoms with Gasteiger partial charge in [0.15, 0.2) is 17.3 Å². The maximum Gasteiger partial charge on any atom is 0.227 e. The Morgan fingerprint density at radius 1 is 1.11 bits per heavy atom. The summed E-state index contributed by atoms with van der Waals surface area (Å²) in [6.07, 6.45) is 4.02. The molecule has 1 aliphatic rings. The van der Waals surface area contributed by atoms with Crippen LogP contribution >= 0.6 is 0 Å². The van der Waals surface area contributed by atoms with Crippen LogP contribution in [0.1, 0.15) is 11.9 Å². The van der Waals surface area contributed by atoms with E-state index >= 15 is 0 Å². The number of allylic oxidation sites excluding steroid dienone is 1. The Morgan fingerprint density at radius 3 is 2.63 bits per heavy atom. The summed E-state index contributed by atoms with van der Waals surface area (Å²) in [5, 5.41) is 3.03. The molecule has 3 rings (SSSR count). The van der Waals surface area contributed by atoms with E-state index in [1.807, 2.05) is 36.4 Å². The van der Waals surface area contributed by atoms with Gasteiger partial charge in [0.25, 0.3) is 0 Å². The summed E-state index contributed by atoms with van der Waals surface area (Å²) in [4.78, 5) is 12.4. The molecule has 0 fully saturated rings. The van der Waals surface area contributed by atoms with Crippen molar-refractivity contribution in [2.24, 2.45) is 0 Å². The Morgan fingerprint density at radius 2 is 1.89 bits per heavy atom. The van der Waals surface area contributed by atoms with E-state index in [0.717, 1.165) is 11.3 Å². The summed E-state index contributed by atoms with van der Waals surface area (Å²) in [6, 6.07) is 14.9. The van der Waals surface area contributed by atoms with Gasteiger partial charge in [0, 0.05) is 29.6 Å². The molecule has 1 N–H and O–H groups in total. The highest BCUT2D eigenvalue weighted by Gasteiger charge is 2.21. The van der Waals surface area contributed by atoms with E-state index in [9.17, 15) is 4.79 Å². The van der Waals surface area contributed by atoms with Crippen molar-refractivity contribution in [3.05, 3.63) is 78.2 Å². The lowest BCUT2D eigenvalue weighted by atomic mass is 10.2. The maximum absolute atomic E-state index is 12.4. The largest absolute Gasteiger partial charge is 0.493 e. The van der Waals surface area contributed by atoms with Crippen molar-refractivity contribution < 1.29 is 23.7 Å². The SMILES string of the molecule is COc1ccc(N/C=C\C(=O)C2=CCOC(c3ccccc3)O2)cc1OC. The molecule has 0 radical (unpaired) electrons. The fraction of sp³-hybridized carbons (Fsp3) is 0.190. The molecular formula is C21H21NO5. The molecule has 2 aromatic rings. The lowest BCUT2D eigenvalue weighted by molar-refractivity contribution is -0.142. The Hall–Kier alpha value is -3.25. The number of hydrogen-bond donors (Lipinski definition) is 1. The predicted octanol–water partition coefficient (Wildman–Crippen LogP) is 3.83. The number of hydrogen-bond acceptors (Lipinski definition) is 6. The highest BCUT2D eigenvalue weighted by Crippen LogP contribution is 2.30. The third-order valence-corrected chi connectivity index (χ3v) is 3.93. The molecule has 1 aliphatic heterocycles. The summed E-state index contributed by atoms with van der Waals surface area (Å²) < 4.78 is 21.7. The summed E-state index contributed by atoms with van der Waals surface area (Å²) in [6.45, 7) is 0.317. The molecule has 0 aromatic heterocycles. The van der Waals surface area contributed by atoms with Gasteiger partial charge in [-0.2, -0.15) is 0 Å². The van der Waals surface area contributed by atoms with Crippen molar-refractivity contribution in [2.45, 2.75) is 6.29 Å². The minimum Gasteiger partial charge on any atom is -0.493 e.